The molecule has 0 aliphatic carbocycles. The van der Waals surface area contributed by atoms with Gasteiger partial charge in [-0.3, -0.25) is 19.9 Å². The molecule has 6 rings (SSSR count). The Morgan fingerprint density at radius 2 is 1.50 bits per heavy atom. The number of hydrogen-bond donors (Lipinski definition) is 2. The normalized spacial score (nSPS) is 16.7. The lowest BCUT2D eigenvalue weighted by Crippen LogP contribution is -2.38. The lowest BCUT2D eigenvalue weighted by atomic mass is 9.90. The first-order valence-electron chi connectivity index (χ1n) is 14.1. The van der Waals surface area contributed by atoms with Crippen LogP contribution in [0.1, 0.15) is 49.7 Å². The molecule has 0 radical (unpaired) electrons. The van der Waals surface area contributed by atoms with Crippen molar-refractivity contribution >= 4 is 23.1 Å². The number of ether oxygens (including phenoxy) is 1. The Hall–Kier alpha value is -4.34. The van der Waals surface area contributed by atoms with Gasteiger partial charge in [-0.15, -0.1) is 0 Å². The van der Waals surface area contributed by atoms with E-state index in [0.29, 0.717) is 18.3 Å². The van der Waals surface area contributed by atoms with Gasteiger partial charge in [0.15, 0.2) is 0 Å². The molecule has 2 N–H and O–H groups in total. The SMILES string of the molecule is CC(=O)N(Cc1ccc(OC2CCN(c3cn[nH]c3)CC2)cc1)c1ccc(C2CCN(c3cn[nH]c3)CC2)cn1. The van der Waals surface area contributed by atoms with E-state index >= 15 is 0 Å². The molecule has 5 heterocycles. The quantitative estimate of drug-likeness (QED) is 0.339. The number of H-pyrrole nitrogens is 2. The van der Waals surface area contributed by atoms with Gasteiger partial charge >= 0.3 is 0 Å². The summed E-state index contributed by atoms with van der Waals surface area (Å²) in [6.45, 7) is 5.95. The first-order valence-corrected chi connectivity index (χ1v) is 14.1. The molecule has 0 saturated carbocycles. The van der Waals surface area contributed by atoms with Crippen molar-refractivity contribution in [3.05, 3.63) is 78.5 Å². The predicted molar refractivity (Wildman–Crippen MR) is 155 cm³/mol. The summed E-state index contributed by atoms with van der Waals surface area (Å²) in [7, 11) is 0. The maximum absolute atomic E-state index is 12.6. The van der Waals surface area contributed by atoms with E-state index in [1.54, 1.807) is 11.8 Å². The highest BCUT2D eigenvalue weighted by atomic mass is 16.5. The van der Waals surface area contributed by atoms with Crippen LogP contribution in [-0.2, 0) is 11.3 Å². The molecule has 208 valence electrons. The second-order valence-corrected chi connectivity index (χ2v) is 10.7. The summed E-state index contributed by atoms with van der Waals surface area (Å²) in [5, 5.41) is 13.9. The van der Waals surface area contributed by atoms with Gasteiger partial charge in [0.25, 0.3) is 0 Å². The van der Waals surface area contributed by atoms with Crippen molar-refractivity contribution in [1.29, 1.82) is 0 Å². The van der Waals surface area contributed by atoms with Crippen LogP contribution in [0.2, 0.25) is 0 Å². The average molecular weight is 541 g/mol. The molecule has 3 aromatic heterocycles. The van der Waals surface area contributed by atoms with Gasteiger partial charge in [-0.2, -0.15) is 10.2 Å². The van der Waals surface area contributed by atoms with Crippen LogP contribution in [0.5, 0.6) is 5.75 Å². The summed E-state index contributed by atoms with van der Waals surface area (Å²) >= 11 is 0. The Morgan fingerprint density at radius 1 is 0.875 bits per heavy atom. The summed E-state index contributed by atoms with van der Waals surface area (Å²) < 4.78 is 6.26. The highest BCUT2D eigenvalue weighted by Crippen LogP contribution is 2.31. The topological polar surface area (TPSA) is 106 Å². The summed E-state index contributed by atoms with van der Waals surface area (Å²) in [5.74, 6) is 1.98. The van der Waals surface area contributed by atoms with Crippen molar-refractivity contribution in [2.75, 3.05) is 40.9 Å². The van der Waals surface area contributed by atoms with Crippen LogP contribution in [-0.4, -0.2) is 63.6 Å². The smallest absolute Gasteiger partial charge is 0.225 e. The third-order valence-electron chi connectivity index (χ3n) is 8.10. The van der Waals surface area contributed by atoms with Crippen LogP contribution in [0.25, 0.3) is 0 Å². The number of aromatic nitrogens is 5. The van der Waals surface area contributed by atoms with Crippen molar-refractivity contribution in [1.82, 2.24) is 25.4 Å². The van der Waals surface area contributed by atoms with Crippen LogP contribution < -0.4 is 19.4 Å². The number of carbonyl (C=O) groups excluding carboxylic acids is 1. The van der Waals surface area contributed by atoms with Crippen molar-refractivity contribution in [3.8, 4) is 5.75 Å². The molecule has 0 bridgehead atoms. The number of amides is 1. The van der Waals surface area contributed by atoms with Crippen molar-refractivity contribution < 1.29 is 9.53 Å². The van der Waals surface area contributed by atoms with Gasteiger partial charge in [-0.1, -0.05) is 18.2 Å². The highest BCUT2D eigenvalue weighted by Gasteiger charge is 2.23. The Labute approximate surface area is 234 Å². The molecule has 4 aromatic rings. The molecule has 0 spiro atoms. The van der Waals surface area contributed by atoms with Gasteiger partial charge in [0.1, 0.15) is 17.7 Å². The van der Waals surface area contributed by atoms with Gasteiger partial charge in [-0.25, -0.2) is 4.98 Å². The first kappa shape index (κ1) is 25.9. The van der Waals surface area contributed by atoms with Crippen LogP contribution in [0, 0.1) is 0 Å². The minimum Gasteiger partial charge on any atom is -0.490 e. The Morgan fingerprint density at radius 3 is 2.02 bits per heavy atom. The molecule has 0 atom stereocenters. The van der Waals surface area contributed by atoms with E-state index < -0.39 is 0 Å². The third kappa shape index (κ3) is 5.95. The largest absolute Gasteiger partial charge is 0.490 e. The molecule has 1 amide bonds. The van der Waals surface area contributed by atoms with Gasteiger partial charge in [0, 0.05) is 64.5 Å². The maximum atomic E-state index is 12.6. The maximum Gasteiger partial charge on any atom is 0.225 e. The first-order chi connectivity index (χ1) is 19.6. The number of carbonyl (C=O) groups is 1. The molecular weight excluding hydrogens is 504 g/mol. The number of hydrogen-bond acceptors (Lipinski definition) is 7. The van der Waals surface area contributed by atoms with Gasteiger partial charge in [-0.05, 0) is 48.1 Å². The van der Waals surface area contributed by atoms with E-state index in [4.69, 9.17) is 9.72 Å². The highest BCUT2D eigenvalue weighted by molar-refractivity contribution is 5.90. The molecule has 40 heavy (non-hydrogen) atoms. The average Bonchev–Trinajstić information content (AvgIpc) is 3.73. The minimum atomic E-state index is -0.0293. The predicted octanol–water partition coefficient (Wildman–Crippen LogP) is 4.51. The number of rotatable bonds is 8. The molecule has 10 nitrogen and oxygen atoms in total. The van der Waals surface area contributed by atoms with Crippen LogP contribution in [0.3, 0.4) is 0 Å². The lowest BCUT2D eigenvalue weighted by molar-refractivity contribution is -0.116. The number of nitrogens with one attached hydrogen (secondary N) is 2. The zero-order valence-electron chi connectivity index (χ0n) is 22.9. The minimum absolute atomic E-state index is 0.0293. The van der Waals surface area contributed by atoms with Gasteiger partial charge in [0.05, 0.1) is 30.3 Å². The fourth-order valence-electron chi connectivity index (χ4n) is 5.74. The zero-order valence-corrected chi connectivity index (χ0v) is 22.9. The zero-order chi connectivity index (χ0) is 27.3. The molecule has 1 aromatic carbocycles. The Kier molecular flexibility index (Phi) is 7.65. The molecular formula is C30H36N8O2. The van der Waals surface area contributed by atoms with E-state index in [2.05, 4.69) is 36.3 Å². The summed E-state index contributed by atoms with van der Waals surface area (Å²) in [5.41, 5.74) is 4.55. The number of anilines is 3. The van der Waals surface area contributed by atoms with Crippen LogP contribution >= 0.6 is 0 Å². The summed E-state index contributed by atoms with van der Waals surface area (Å²) in [6, 6.07) is 12.2. The summed E-state index contributed by atoms with van der Waals surface area (Å²) in [6.07, 6.45) is 13.8. The van der Waals surface area contributed by atoms with E-state index in [0.717, 1.165) is 74.6 Å². The fraction of sp³-hybridized carbons (Fsp3) is 0.400. The third-order valence-corrected chi connectivity index (χ3v) is 8.10. The van der Waals surface area contributed by atoms with E-state index in [9.17, 15) is 4.79 Å². The number of piperidine rings is 2. The standard InChI is InChI=1S/C30H36N8O2/c1-22(39)38(30-7-4-25(16-31-30)24-8-12-36(13-9-24)26-17-32-33-18-26)21-23-2-5-28(6-3-23)40-29-10-14-37(15-11-29)27-19-34-35-20-27/h2-7,16-20,24,29H,8-15,21H2,1H3,(H,32,33)(H,34,35). The van der Waals surface area contributed by atoms with E-state index in [-0.39, 0.29) is 12.0 Å². The van der Waals surface area contributed by atoms with Crippen LogP contribution in [0.15, 0.2) is 67.4 Å². The second kappa shape index (κ2) is 11.8. The molecule has 2 aliphatic heterocycles. The van der Waals surface area contributed by atoms with Crippen molar-refractivity contribution in [2.24, 2.45) is 0 Å². The Bertz CT molecular complexity index is 1340. The number of pyridine rings is 1. The van der Waals surface area contributed by atoms with Crippen molar-refractivity contribution in [3.63, 3.8) is 0 Å². The monoisotopic (exact) mass is 540 g/mol. The second-order valence-electron chi connectivity index (χ2n) is 10.7. The molecule has 2 saturated heterocycles. The lowest BCUT2D eigenvalue weighted by Gasteiger charge is -2.33. The van der Waals surface area contributed by atoms with Crippen LogP contribution in [0.4, 0.5) is 17.2 Å². The molecule has 2 aliphatic rings. The van der Waals surface area contributed by atoms with E-state index in [1.165, 1.54) is 5.56 Å². The number of nitrogens with zero attached hydrogens (tertiary/aromatic N) is 6. The summed E-state index contributed by atoms with van der Waals surface area (Å²) in [4.78, 5) is 23.7. The molecule has 10 heteroatoms. The van der Waals surface area contributed by atoms with Crippen molar-refractivity contribution in [2.45, 2.75) is 51.2 Å². The van der Waals surface area contributed by atoms with E-state index in [1.807, 2.05) is 61.3 Å². The number of aromatic amines is 2. The number of benzene rings is 1. The van der Waals surface area contributed by atoms with Gasteiger partial charge < -0.3 is 14.5 Å². The molecule has 0 unspecified atom stereocenters. The fourth-order valence-corrected chi connectivity index (χ4v) is 5.74. The molecule has 2 fully saturated rings. The van der Waals surface area contributed by atoms with Gasteiger partial charge in [0.2, 0.25) is 5.91 Å². The Balaban J connectivity index is 1.02.